The van der Waals surface area contributed by atoms with E-state index < -0.39 is 0 Å². The topological polar surface area (TPSA) is 38.3 Å². The van der Waals surface area contributed by atoms with Gasteiger partial charge in [-0.2, -0.15) is 4.37 Å². The van der Waals surface area contributed by atoms with Gasteiger partial charge in [0.1, 0.15) is 11.1 Å². The van der Waals surface area contributed by atoms with Gasteiger partial charge in [0.15, 0.2) is 0 Å². The minimum absolute atomic E-state index is 0.113. The van der Waals surface area contributed by atoms with E-state index in [0.29, 0.717) is 11.8 Å². The van der Waals surface area contributed by atoms with E-state index in [1.54, 1.807) is 0 Å². The summed E-state index contributed by atoms with van der Waals surface area (Å²) in [7, 11) is 2.13. The van der Waals surface area contributed by atoms with Crippen LogP contribution in [0.25, 0.3) is 5.57 Å². The van der Waals surface area contributed by atoms with Gasteiger partial charge in [-0.1, -0.05) is 19.9 Å². The number of hydrogen-bond donors (Lipinski definition) is 0. The lowest BCUT2D eigenvalue weighted by Gasteiger charge is -2.22. The SMILES string of the molecule is CC(C)CSC(C)Oc1nsnc1C1=CCCN(C)C1. The molecule has 1 unspecified atom stereocenters. The van der Waals surface area contributed by atoms with Crippen molar-refractivity contribution >= 4 is 29.1 Å². The van der Waals surface area contributed by atoms with Crippen LogP contribution in [-0.2, 0) is 0 Å². The third kappa shape index (κ3) is 4.46. The molecule has 6 heteroatoms. The maximum absolute atomic E-state index is 5.96. The Bertz CT molecular complexity index is 459. The number of ether oxygens (including phenoxy) is 1. The van der Waals surface area contributed by atoms with Crippen molar-refractivity contribution in [2.75, 3.05) is 25.9 Å². The molecule has 0 saturated carbocycles. The second kappa shape index (κ2) is 7.43. The maximum atomic E-state index is 5.96. The molecule has 1 aliphatic heterocycles. The van der Waals surface area contributed by atoms with Crippen molar-refractivity contribution in [3.8, 4) is 5.88 Å². The van der Waals surface area contributed by atoms with E-state index in [1.807, 2.05) is 11.8 Å². The molecule has 0 spiro atoms. The summed E-state index contributed by atoms with van der Waals surface area (Å²) in [5.41, 5.74) is 2.28. The van der Waals surface area contributed by atoms with Crippen LogP contribution in [0.3, 0.4) is 0 Å². The molecule has 1 aromatic heterocycles. The monoisotopic (exact) mass is 313 g/mol. The van der Waals surface area contributed by atoms with Crippen molar-refractivity contribution in [1.82, 2.24) is 13.6 Å². The first-order chi connectivity index (χ1) is 9.56. The van der Waals surface area contributed by atoms with Crippen molar-refractivity contribution < 1.29 is 4.74 Å². The third-order valence-corrected chi connectivity index (χ3v) is 4.98. The number of hydrogen-bond acceptors (Lipinski definition) is 6. The Morgan fingerprint density at radius 3 is 2.90 bits per heavy atom. The zero-order valence-electron chi connectivity index (χ0n) is 12.6. The number of aromatic nitrogens is 2. The predicted octanol–water partition coefficient (Wildman–Crippen LogP) is 3.37. The van der Waals surface area contributed by atoms with Crippen LogP contribution in [0.1, 0.15) is 32.9 Å². The Kier molecular flexibility index (Phi) is 5.86. The summed E-state index contributed by atoms with van der Waals surface area (Å²) >= 11 is 3.06. The van der Waals surface area contributed by atoms with E-state index in [2.05, 4.69) is 47.5 Å². The quantitative estimate of drug-likeness (QED) is 0.753. The molecular weight excluding hydrogens is 290 g/mol. The van der Waals surface area contributed by atoms with Gasteiger partial charge < -0.3 is 9.64 Å². The Labute approximate surface area is 129 Å². The number of likely N-dealkylation sites (N-methyl/N-ethyl adjacent to an activating group) is 1. The molecule has 2 heterocycles. The van der Waals surface area contributed by atoms with Crippen LogP contribution < -0.4 is 4.74 Å². The van der Waals surface area contributed by atoms with Crippen LogP contribution in [0.5, 0.6) is 5.88 Å². The Hall–Kier alpha value is -0.590. The highest BCUT2D eigenvalue weighted by molar-refractivity contribution is 7.99. The van der Waals surface area contributed by atoms with Crippen LogP contribution in [-0.4, -0.2) is 45.0 Å². The van der Waals surface area contributed by atoms with Gasteiger partial charge in [-0.3, -0.25) is 0 Å². The fraction of sp³-hybridized carbons (Fsp3) is 0.714. The molecule has 20 heavy (non-hydrogen) atoms. The zero-order chi connectivity index (χ0) is 14.5. The molecule has 0 aliphatic carbocycles. The molecule has 0 fully saturated rings. The first-order valence-corrected chi connectivity index (χ1v) is 8.83. The highest BCUT2D eigenvalue weighted by atomic mass is 32.2. The molecule has 1 aromatic rings. The van der Waals surface area contributed by atoms with Crippen molar-refractivity contribution in [3.63, 3.8) is 0 Å². The third-order valence-electron chi connectivity index (χ3n) is 3.05. The lowest BCUT2D eigenvalue weighted by molar-refractivity contribution is 0.296. The molecule has 112 valence electrons. The fourth-order valence-electron chi connectivity index (χ4n) is 2.04. The molecule has 0 saturated heterocycles. The summed E-state index contributed by atoms with van der Waals surface area (Å²) < 4.78 is 14.7. The minimum atomic E-state index is 0.113. The van der Waals surface area contributed by atoms with Gasteiger partial charge in [-0.05, 0) is 37.6 Å². The first-order valence-electron chi connectivity index (χ1n) is 7.05. The molecule has 0 amide bonds. The van der Waals surface area contributed by atoms with E-state index in [1.165, 1.54) is 17.3 Å². The Morgan fingerprint density at radius 1 is 1.40 bits per heavy atom. The predicted molar refractivity (Wildman–Crippen MR) is 87.4 cm³/mol. The molecule has 4 nitrogen and oxygen atoms in total. The molecule has 0 radical (unpaired) electrons. The summed E-state index contributed by atoms with van der Waals surface area (Å²) in [5.74, 6) is 2.47. The van der Waals surface area contributed by atoms with E-state index in [-0.39, 0.29) is 5.44 Å². The highest BCUT2D eigenvalue weighted by Crippen LogP contribution is 2.29. The summed E-state index contributed by atoms with van der Waals surface area (Å²) in [6, 6.07) is 0. The van der Waals surface area contributed by atoms with Gasteiger partial charge in [0.2, 0.25) is 0 Å². The van der Waals surface area contributed by atoms with E-state index >= 15 is 0 Å². The molecular formula is C14H23N3OS2. The van der Waals surface area contributed by atoms with Crippen LogP contribution in [0.15, 0.2) is 6.08 Å². The van der Waals surface area contributed by atoms with E-state index in [0.717, 1.165) is 31.0 Å². The van der Waals surface area contributed by atoms with Crippen LogP contribution in [0.4, 0.5) is 0 Å². The highest BCUT2D eigenvalue weighted by Gasteiger charge is 2.20. The molecule has 1 atom stereocenters. The van der Waals surface area contributed by atoms with E-state index in [9.17, 15) is 0 Å². The lowest BCUT2D eigenvalue weighted by atomic mass is 10.1. The lowest BCUT2D eigenvalue weighted by Crippen LogP contribution is -2.25. The minimum Gasteiger partial charge on any atom is -0.461 e. The number of rotatable bonds is 6. The Morgan fingerprint density at radius 2 is 2.20 bits per heavy atom. The summed E-state index contributed by atoms with van der Waals surface area (Å²) in [4.78, 5) is 2.30. The normalized spacial score (nSPS) is 18.1. The van der Waals surface area contributed by atoms with Gasteiger partial charge in [-0.15, -0.1) is 16.1 Å². The van der Waals surface area contributed by atoms with Crippen LogP contribution in [0, 0.1) is 5.92 Å². The molecule has 0 N–H and O–H groups in total. The van der Waals surface area contributed by atoms with Gasteiger partial charge in [0.05, 0.1) is 11.7 Å². The second-order valence-electron chi connectivity index (χ2n) is 5.59. The van der Waals surface area contributed by atoms with Gasteiger partial charge in [0.25, 0.3) is 5.88 Å². The molecule has 1 aliphatic rings. The number of thioether (sulfide) groups is 1. The zero-order valence-corrected chi connectivity index (χ0v) is 14.3. The van der Waals surface area contributed by atoms with E-state index in [4.69, 9.17) is 4.74 Å². The standard InChI is InChI=1S/C14H23N3OS2/c1-10(2)9-19-11(3)18-14-13(15-20-16-14)12-6-5-7-17(4)8-12/h6,10-11H,5,7-9H2,1-4H3. The molecule has 0 aromatic carbocycles. The smallest absolute Gasteiger partial charge is 0.254 e. The molecule has 2 rings (SSSR count). The number of nitrogens with zero attached hydrogens (tertiary/aromatic N) is 3. The van der Waals surface area contributed by atoms with Crippen molar-refractivity contribution in [2.45, 2.75) is 32.6 Å². The summed E-state index contributed by atoms with van der Waals surface area (Å²) in [6.07, 6.45) is 3.33. The maximum Gasteiger partial charge on any atom is 0.254 e. The van der Waals surface area contributed by atoms with Crippen molar-refractivity contribution in [2.24, 2.45) is 5.92 Å². The average molecular weight is 313 g/mol. The fourth-order valence-corrected chi connectivity index (χ4v) is 3.37. The second-order valence-corrected chi connectivity index (χ2v) is 7.45. The first kappa shape index (κ1) is 15.8. The van der Waals surface area contributed by atoms with Crippen LogP contribution >= 0.6 is 23.5 Å². The van der Waals surface area contributed by atoms with Crippen molar-refractivity contribution in [3.05, 3.63) is 11.8 Å². The average Bonchev–Trinajstić information content (AvgIpc) is 2.84. The van der Waals surface area contributed by atoms with Crippen molar-refractivity contribution in [1.29, 1.82) is 0 Å². The van der Waals surface area contributed by atoms with Crippen LogP contribution in [0.2, 0.25) is 0 Å². The molecule has 0 bridgehead atoms. The largest absolute Gasteiger partial charge is 0.461 e. The van der Waals surface area contributed by atoms with Gasteiger partial charge >= 0.3 is 0 Å². The summed E-state index contributed by atoms with van der Waals surface area (Å²) in [5, 5.41) is 0. The van der Waals surface area contributed by atoms with Gasteiger partial charge in [-0.25, -0.2) is 0 Å². The summed E-state index contributed by atoms with van der Waals surface area (Å²) in [6.45, 7) is 8.56. The van der Waals surface area contributed by atoms with Gasteiger partial charge in [0, 0.05) is 13.1 Å². The Balaban J connectivity index is 2.00.